The largest absolute Gasteiger partial charge is 0.462 e. The predicted molar refractivity (Wildman–Crippen MR) is 195 cm³/mol. The molecule has 6 nitrogen and oxygen atoms in total. The van der Waals surface area contributed by atoms with Gasteiger partial charge >= 0.3 is 5.97 Å². The first-order chi connectivity index (χ1) is 22.6. The Labute approximate surface area is 286 Å². The number of hydrogen-bond donors (Lipinski definition) is 1. The van der Waals surface area contributed by atoms with E-state index >= 15 is 0 Å². The number of nitrogens with zero attached hydrogens (tertiary/aromatic N) is 2. The summed E-state index contributed by atoms with van der Waals surface area (Å²) >= 11 is 0. The Balaban J connectivity index is 2.32. The van der Waals surface area contributed by atoms with Crippen molar-refractivity contribution in [3.8, 4) is 0 Å². The summed E-state index contributed by atoms with van der Waals surface area (Å²) in [5.41, 5.74) is 0. The van der Waals surface area contributed by atoms with Crippen LogP contribution in [0.15, 0.2) is 0 Å². The minimum Gasteiger partial charge on any atom is -0.462 e. The fraction of sp³-hybridized carbons (Fsp3) is 0.950. The number of aliphatic hydroxyl groups is 1. The number of carbonyl (C=O) groups is 2. The van der Waals surface area contributed by atoms with Crippen LogP contribution in [-0.2, 0) is 14.3 Å². The van der Waals surface area contributed by atoms with E-state index in [0.29, 0.717) is 18.9 Å². The van der Waals surface area contributed by atoms with E-state index in [4.69, 9.17) is 4.74 Å². The van der Waals surface area contributed by atoms with Gasteiger partial charge in [0.15, 0.2) is 0 Å². The van der Waals surface area contributed by atoms with Crippen molar-refractivity contribution in [3.05, 3.63) is 0 Å². The van der Waals surface area contributed by atoms with E-state index < -0.39 is 0 Å². The van der Waals surface area contributed by atoms with Crippen molar-refractivity contribution in [2.75, 3.05) is 39.3 Å². The van der Waals surface area contributed by atoms with Crippen molar-refractivity contribution >= 4 is 12.3 Å². The molecule has 1 aliphatic rings. The van der Waals surface area contributed by atoms with Crippen LogP contribution in [0.25, 0.3) is 0 Å². The standard InChI is InChI=1S/C40H78N2O4/c1-3-5-7-9-14-20-26-39(27-21-15-10-8-6-4-2)46-40(45)28-22-16-13-18-24-32-42(31-23-17-11-12-19-25-36-43)38-29-33-41(34-30-38)35-37-44/h36,38-39,44H,3-35,37H2,1-2H3. The molecule has 0 aromatic heterocycles. The fourth-order valence-corrected chi connectivity index (χ4v) is 7.13. The van der Waals surface area contributed by atoms with Crippen LogP contribution < -0.4 is 0 Å². The van der Waals surface area contributed by atoms with Crippen LogP contribution >= 0.6 is 0 Å². The molecule has 1 saturated heterocycles. The van der Waals surface area contributed by atoms with Gasteiger partial charge in [-0.3, -0.25) is 4.79 Å². The van der Waals surface area contributed by atoms with Crippen LogP contribution in [0.1, 0.15) is 194 Å². The van der Waals surface area contributed by atoms with Gasteiger partial charge in [-0.2, -0.15) is 0 Å². The molecule has 46 heavy (non-hydrogen) atoms. The number of piperidine rings is 1. The van der Waals surface area contributed by atoms with Gasteiger partial charge in [0.2, 0.25) is 0 Å². The third-order valence-electron chi connectivity index (χ3n) is 10.1. The van der Waals surface area contributed by atoms with Gasteiger partial charge in [0, 0.05) is 25.4 Å². The lowest BCUT2D eigenvalue weighted by atomic mass is 10.0. The Morgan fingerprint density at radius 3 is 1.72 bits per heavy atom. The van der Waals surface area contributed by atoms with Crippen LogP contribution in [0.5, 0.6) is 0 Å². The average Bonchev–Trinajstić information content (AvgIpc) is 3.06. The summed E-state index contributed by atoms with van der Waals surface area (Å²) < 4.78 is 6.05. The first-order valence-corrected chi connectivity index (χ1v) is 20.3. The first-order valence-electron chi connectivity index (χ1n) is 20.3. The molecule has 0 bridgehead atoms. The van der Waals surface area contributed by atoms with E-state index in [1.807, 2.05) is 0 Å². The zero-order chi connectivity index (χ0) is 33.3. The van der Waals surface area contributed by atoms with Gasteiger partial charge in [-0.25, -0.2) is 0 Å². The Hall–Kier alpha value is -0.980. The van der Waals surface area contributed by atoms with Gasteiger partial charge in [0.1, 0.15) is 12.4 Å². The summed E-state index contributed by atoms with van der Waals surface area (Å²) in [4.78, 5) is 28.5. The molecule has 0 aromatic carbocycles. The molecule has 1 rings (SSSR count). The molecule has 0 radical (unpaired) electrons. The summed E-state index contributed by atoms with van der Waals surface area (Å²) in [7, 11) is 0. The normalized spacial score (nSPS) is 14.5. The van der Waals surface area contributed by atoms with Crippen molar-refractivity contribution in [1.82, 2.24) is 9.80 Å². The summed E-state index contributed by atoms with van der Waals surface area (Å²) in [6.07, 6.45) is 34.1. The second-order valence-corrected chi connectivity index (χ2v) is 14.3. The Morgan fingerprint density at radius 1 is 0.717 bits per heavy atom. The van der Waals surface area contributed by atoms with Crippen molar-refractivity contribution in [2.24, 2.45) is 0 Å². The number of esters is 1. The molecule has 272 valence electrons. The maximum absolute atomic E-state index is 12.8. The Morgan fingerprint density at radius 2 is 1.20 bits per heavy atom. The first kappa shape index (κ1) is 43.0. The van der Waals surface area contributed by atoms with Crippen LogP contribution in [-0.4, -0.2) is 78.6 Å². The van der Waals surface area contributed by atoms with Crippen molar-refractivity contribution in [1.29, 1.82) is 0 Å². The minimum absolute atomic E-state index is 0.0341. The zero-order valence-corrected chi connectivity index (χ0v) is 30.8. The van der Waals surface area contributed by atoms with E-state index in [2.05, 4.69) is 23.6 Å². The molecule has 0 atom stereocenters. The molecule has 0 spiro atoms. The predicted octanol–water partition coefficient (Wildman–Crippen LogP) is 10.0. The zero-order valence-electron chi connectivity index (χ0n) is 30.8. The molecule has 6 heteroatoms. The van der Waals surface area contributed by atoms with Crippen LogP contribution in [0.3, 0.4) is 0 Å². The number of hydrogen-bond acceptors (Lipinski definition) is 6. The summed E-state index contributed by atoms with van der Waals surface area (Å²) in [5.74, 6) is 0.0341. The number of carbonyl (C=O) groups excluding carboxylic acids is 2. The molecule has 1 aliphatic heterocycles. The maximum atomic E-state index is 12.8. The third-order valence-corrected chi connectivity index (χ3v) is 10.1. The van der Waals surface area contributed by atoms with E-state index in [-0.39, 0.29) is 18.7 Å². The van der Waals surface area contributed by atoms with Gasteiger partial charge in [0.05, 0.1) is 6.61 Å². The number of rotatable bonds is 34. The second kappa shape index (κ2) is 32.6. The van der Waals surface area contributed by atoms with Gasteiger partial charge in [-0.15, -0.1) is 0 Å². The number of ether oxygens (including phenoxy) is 1. The monoisotopic (exact) mass is 651 g/mol. The summed E-state index contributed by atoms with van der Waals surface area (Å²) in [5, 5.41) is 9.31. The fourth-order valence-electron chi connectivity index (χ4n) is 7.13. The minimum atomic E-state index is 0.0341. The third kappa shape index (κ3) is 25.1. The molecule has 1 heterocycles. The molecule has 1 fully saturated rings. The number of unbranched alkanes of at least 4 members (excludes halogenated alkanes) is 19. The molecular formula is C40H78N2O4. The van der Waals surface area contributed by atoms with Gasteiger partial charge < -0.3 is 24.4 Å². The number of aliphatic hydroxyl groups excluding tert-OH is 1. The lowest BCUT2D eigenvalue weighted by Gasteiger charge is -2.38. The quantitative estimate of drug-likeness (QED) is 0.0425. The van der Waals surface area contributed by atoms with Crippen molar-refractivity contribution < 1.29 is 19.4 Å². The van der Waals surface area contributed by atoms with Gasteiger partial charge in [-0.05, 0) is 90.4 Å². The lowest BCUT2D eigenvalue weighted by Crippen LogP contribution is -2.46. The van der Waals surface area contributed by atoms with E-state index in [0.717, 1.165) is 58.0 Å². The highest BCUT2D eigenvalue weighted by Gasteiger charge is 2.24. The highest BCUT2D eigenvalue weighted by Crippen LogP contribution is 2.20. The van der Waals surface area contributed by atoms with Crippen molar-refractivity contribution in [2.45, 2.75) is 206 Å². The van der Waals surface area contributed by atoms with E-state index in [1.165, 1.54) is 148 Å². The SMILES string of the molecule is CCCCCCCCC(CCCCCCCC)OC(=O)CCCCCCCN(CCCCCCCC=O)C1CCN(CCO)CC1. The highest BCUT2D eigenvalue weighted by atomic mass is 16.5. The Bertz CT molecular complexity index is 652. The van der Waals surface area contributed by atoms with Crippen LogP contribution in [0.2, 0.25) is 0 Å². The maximum Gasteiger partial charge on any atom is 0.306 e. The van der Waals surface area contributed by atoms with Crippen LogP contribution in [0.4, 0.5) is 0 Å². The Kier molecular flexibility index (Phi) is 30.5. The average molecular weight is 651 g/mol. The van der Waals surface area contributed by atoms with Crippen LogP contribution in [0, 0.1) is 0 Å². The molecule has 0 unspecified atom stereocenters. The summed E-state index contributed by atoms with van der Waals surface area (Å²) in [6, 6.07) is 0.667. The topological polar surface area (TPSA) is 70.1 Å². The van der Waals surface area contributed by atoms with E-state index in [1.54, 1.807) is 0 Å². The smallest absolute Gasteiger partial charge is 0.306 e. The molecular weight excluding hydrogens is 572 g/mol. The number of likely N-dealkylation sites (tertiary alicyclic amines) is 1. The molecule has 0 saturated carbocycles. The molecule has 0 aromatic rings. The number of β-amino-alcohol motifs (C(OH)–C–C–N with tert-alkyl or cyclic N) is 1. The van der Waals surface area contributed by atoms with Gasteiger partial charge in [-0.1, -0.05) is 117 Å². The number of aldehydes is 1. The van der Waals surface area contributed by atoms with Gasteiger partial charge in [0.25, 0.3) is 0 Å². The molecule has 0 aliphatic carbocycles. The lowest BCUT2D eigenvalue weighted by molar-refractivity contribution is -0.150. The highest BCUT2D eigenvalue weighted by molar-refractivity contribution is 5.69. The van der Waals surface area contributed by atoms with E-state index in [9.17, 15) is 14.7 Å². The summed E-state index contributed by atoms with van der Waals surface area (Å²) in [6.45, 7) is 10.2. The second-order valence-electron chi connectivity index (χ2n) is 14.3. The van der Waals surface area contributed by atoms with Crippen molar-refractivity contribution in [3.63, 3.8) is 0 Å². The molecule has 0 amide bonds. The molecule has 1 N–H and O–H groups in total.